The van der Waals surface area contributed by atoms with Gasteiger partial charge in [-0.1, -0.05) is 0 Å². The Morgan fingerprint density at radius 1 is 1.00 bits per heavy atom. The predicted octanol–water partition coefficient (Wildman–Crippen LogP) is 4.01. The number of rotatable bonds is 7. The molecular weight excluding hydrogens is 357 g/mol. The van der Waals surface area contributed by atoms with Crippen LogP contribution in [-0.2, 0) is 2.79 Å². The van der Waals surface area contributed by atoms with E-state index in [1.165, 1.54) is 31.2 Å². The van der Waals surface area contributed by atoms with Gasteiger partial charge >= 0.3 is 88.0 Å². The minimum absolute atomic E-state index is 1.19. The first kappa shape index (κ1) is 13.2. The molecule has 2 nitrogen and oxygen atoms in total. The zero-order valence-electron chi connectivity index (χ0n) is 9.10. The molecule has 0 heterocycles. The second-order valence-electron chi connectivity index (χ2n) is 3.62. The van der Waals surface area contributed by atoms with E-state index in [0.29, 0.717) is 0 Å². The summed E-state index contributed by atoms with van der Waals surface area (Å²) in [7, 11) is 0. The van der Waals surface area contributed by atoms with E-state index in [1.54, 1.807) is 0 Å². The van der Waals surface area contributed by atoms with Crippen molar-refractivity contribution in [2.24, 2.45) is 0 Å². The Bertz CT molecular complexity index is 148. The summed E-state index contributed by atoms with van der Waals surface area (Å²) in [6.07, 6.45) is 3.57. The van der Waals surface area contributed by atoms with Crippen molar-refractivity contribution in [3.8, 4) is 0 Å². The molecule has 0 bridgehead atoms. The predicted molar refractivity (Wildman–Crippen MR) is 58.7 cm³/mol. The Hall–Kier alpha value is 0.212. The van der Waals surface area contributed by atoms with Crippen LogP contribution in [-0.4, -0.2) is 21.6 Å². The quantitative estimate of drug-likeness (QED) is 0.371. The molecule has 0 saturated heterocycles. The molecule has 3 heteroatoms. The Morgan fingerprint density at radius 2 is 1.38 bits per heavy atom. The molecule has 0 aliphatic heterocycles. The maximum absolute atomic E-state index is 6.85. The fraction of sp³-hybridized carbons (Fsp3) is 0.900. The Labute approximate surface area is 87.8 Å². The van der Waals surface area contributed by atoms with Crippen molar-refractivity contribution in [2.45, 2.75) is 52.0 Å². The summed E-state index contributed by atoms with van der Waals surface area (Å²) in [6, 6.07) is 0. The molecule has 0 aliphatic rings. The van der Waals surface area contributed by atoms with E-state index < -0.39 is 21.6 Å². The molecule has 0 unspecified atom stereocenters. The van der Waals surface area contributed by atoms with E-state index in [1.807, 2.05) is 0 Å². The molecule has 76 valence electrons. The summed E-state index contributed by atoms with van der Waals surface area (Å²) in [5.74, 6) is 0. The van der Waals surface area contributed by atoms with Gasteiger partial charge in [0.2, 0.25) is 0 Å². The minimum atomic E-state index is -2.55. The molecule has 0 atom stereocenters. The first-order valence-electron chi connectivity index (χ1n) is 5.29. The van der Waals surface area contributed by atoms with E-state index in [-0.39, 0.29) is 0 Å². The molecule has 0 aromatic rings. The maximum atomic E-state index is 6.85. The SMILES string of the molecule is [C-]#[N+][O][Pb]([CH2]CC)([CH2]CC)[CH2]CC. The van der Waals surface area contributed by atoms with Crippen LogP contribution in [0, 0.1) is 6.57 Å². The van der Waals surface area contributed by atoms with Crippen molar-refractivity contribution in [3.63, 3.8) is 0 Å². The van der Waals surface area contributed by atoms with E-state index in [2.05, 4.69) is 25.8 Å². The average molecular weight is 378 g/mol. The molecule has 0 amide bonds. The van der Waals surface area contributed by atoms with Crippen molar-refractivity contribution in [2.75, 3.05) is 0 Å². The van der Waals surface area contributed by atoms with Crippen molar-refractivity contribution < 1.29 is 2.79 Å². The number of hydrogen-bond donors (Lipinski definition) is 0. The van der Waals surface area contributed by atoms with Gasteiger partial charge in [0.25, 0.3) is 0 Å². The summed E-state index contributed by atoms with van der Waals surface area (Å²) >= 11 is -2.55. The normalized spacial score (nSPS) is 10.9. The van der Waals surface area contributed by atoms with E-state index >= 15 is 0 Å². The topological polar surface area (TPSA) is 13.6 Å². The average Bonchev–Trinajstić information content (AvgIpc) is 2.06. The van der Waals surface area contributed by atoms with Crippen molar-refractivity contribution in [1.82, 2.24) is 0 Å². The third-order valence-electron chi connectivity index (χ3n) is 2.36. The van der Waals surface area contributed by atoms with Crippen LogP contribution in [0.15, 0.2) is 0 Å². The standard InChI is InChI=1S/3C3H7.CNO.Pb/c3*1-3-2;1-2-3;/h3*1,3H2,2H3;;/q;;;-1;+1. The Kier molecular flexibility index (Phi) is 7.72. The van der Waals surface area contributed by atoms with Crippen LogP contribution in [0.2, 0.25) is 11.9 Å². The second kappa shape index (κ2) is 7.60. The van der Waals surface area contributed by atoms with Crippen molar-refractivity contribution in [3.05, 3.63) is 11.6 Å². The van der Waals surface area contributed by atoms with E-state index in [4.69, 9.17) is 9.36 Å². The molecular formula is C10H21NOPb. The molecule has 0 aromatic heterocycles. The Balaban J connectivity index is 4.29. The monoisotopic (exact) mass is 379 g/mol. The molecule has 0 aliphatic carbocycles. The van der Waals surface area contributed by atoms with Gasteiger partial charge in [-0.05, 0) is 0 Å². The molecule has 0 fully saturated rings. The first-order valence-corrected chi connectivity index (χ1v) is 15.1. The van der Waals surface area contributed by atoms with Gasteiger partial charge < -0.3 is 0 Å². The molecule has 0 saturated carbocycles. The fourth-order valence-electron chi connectivity index (χ4n) is 1.98. The number of hydrogen-bond acceptors (Lipinski definition) is 1. The van der Waals surface area contributed by atoms with E-state index in [9.17, 15) is 0 Å². The first-order chi connectivity index (χ1) is 6.24. The summed E-state index contributed by atoms with van der Waals surface area (Å²) in [4.78, 5) is 0. The van der Waals surface area contributed by atoms with E-state index in [0.717, 1.165) is 0 Å². The molecule has 0 aromatic carbocycles. The third-order valence-corrected chi connectivity index (χ3v) is 20.7. The molecule has 0 rings (SSSR count). The van der Waals surface area contributed by atoms with Gasteiger partial charge in [0, 0.05) is 0 Å². The summed E-state index contributed by atoms with van der Waals surface area (Å²) in [5.41, 5.74) is 0. The number of nitrogens with zero attached hydrogens (tertiary/aromatic N) is 1. The van der Waals surface area contributed by atoms with Crippen molar-refractivity contribution in [1.29, 1.82) is 0 Å². The van der Waals surface area contributed by atoms with Crippen molar-refractivity contribution >= 4 is 21.6 Å². The van der Waals surface area contributed by atoms with Gasteiger partial charge in [-0.25, -0.2) is 0 Å². The molecule has 13 heavy (non-hydrogen) atoms. The fourth-order valence-corrected chi connectivity index (χ4v) is 17.3. The second-order valence-corrected chi connectivity index (χ2v) is 19.4. The van der Waals surface area contributed by atoms with Gasteiger partial charge in [0.1, 0.15) is 0 Å². The summed E-state index contributed by atoms with van der Waals surface area (Å²) in [6.45, 7) is 13.5. The van der Waals surface area contributed by atoms with Gasteiger partial charge in [-0.15, -0.1) is 0 Å². The van der Waals surface area contributed by atoms with Crippen LogP contribution < -0.4 is 0 Å². The molecule has 0 spiro atoms. The van der Waals surface area contributed by atoms with Crippen LogP contribution in [0.3, 0.4) is 0 Å². The van der Waals surface area contributed by atoms with Gasteiger partial charge in [0.05, 0.1) is 0 Å². The zero-order valence-corrected chi connectivity index (χ0v) is 13.0. The van der Waals surface area contributed by atoms with Crippen LogP contribution in [0.25, 0.3) is 5.01 Å². The van der Waals surface area contributed by atoms with Gasteiger partial charge in [-0.2, -0.15) is 0 Å². The zero-order chi connectivity index (χ0) is 10.2. The summed E-state index contributed by atoms with van der Waals surface area (Å²) < 4.78 is 9.16. The molecule has 0 N–H and O–H groups in total. The van der Waals surface area contributed by atoms with Crippen LogP contribution in [0.4, 0.5) is 0 Å². The third kappa shape index (κ3) is 4.85. The van der Waals surface area contributed by atoms with Crippen LogP contribution >= 0.6 is 0 Å². The molecule has 0 radical (unpaired) electrons. The summed E-state index contributed by atoms with van der Waals surface area (Å²) in [5, 5.41) is 3.21. The van der Waals surface area contributed by atoms with Crippen LogP contribution in [0.1, 0.15) is 40.0 Å². The van der Waals surface area contributed by atoms with Gasteiger partial charge in [-0.3, -0.25) is 0 Å². The Morgan fingerprint density at radius 3 is 1.62 bits per heavy atom. The van der Waals surface area contributed by atoms with Crippen LogP contribution in [0.5, 0.6) is 0 Å². The van der Waals surface area contributed by atoms with Gasteiger partial charge in [0.15, 0.2) is 0 Å².